The molecule has 0 atom stereocenters. The SMILES string of the molecule is [2H]c1c([2H])c([2H])c(B2c3c([2H])c([2H])c([2H])c([2H])c3Oc3c([2H])c(C)c([2H])c([2H])c32)c(C)c1[2H]. The zero-order valence-corrected chi connectivity index (χ0v) is 12.0. The Morgan fingerprint density at radius 2 is 1.45 bits per heavy atom. The summed E-state index contributed by atoms with van der Waals surface area (Å²) in [5.74, 6) is -0.432. The molecule has 0 amide bonds. The Bertz CT molecular complexity index is 1250. The van der Waals surface area contributed by atoms with E-state index in [1.165, 1.54) is 13.8 Å². The van der Waals surface area contributed by atoms with Crippen molar-refractivity contribution < 1.29 is 19.8 Å². The molecule has 0 spiro atoms. The average Bonchev–Trinajstić information content (AvgIpc) is 2.80. The fourth-order valence-corrected chi connectivity index (χ4v) is 2.57. The summed E-state index contributed by atoms with van der Waals surface area (Å²) < 4.78 is 97.1. The summed E-state index contributed by atoms with van der Waals surface area (Å²) in [5, 5.41) is 0. The van der Waals surface area contributed by atoms with Gasteiger partial charge in [-0.15, -0.1) is 0 Å². The smallest absolute Gasteiger partial charge is 0.251 e. The number of fused-ring (bicyclic) bond motifs is 2. The second kappa shape index (κ2) is 5.06. The van der Waals surface area contributed by atoms with Crippen molar-refractivity contribution in [2.75, 3.05) is 0 Å². The quantitative estimate of drug-likeness (QED) is 0.491. The molecule has 1 aliphatic heterocycles. The summed E-state index contributed by atoms with van der Waals surface area (Å²) in [6.45, 7) is 1.67. The Kier molecular flexibility index (Phi) is 1.37. The highest BCUT2D eigenvalue weighted by Crippen LogP contribution is 2.25. The molecule has 106 valence electrons. The number of benzene rings is 3. The lowest BCUT2D eigenvalue weighted by molar-refractivity contribution is 0.487. The molecule has 0 saturated carbocycles. The lowest BCUT2D eigenvalue weighted by Gasteiger charge is -2.27. The standard InChI is InChI=1S/C20H17BO/c1-14-11-12-18-20(13-14)22-19-10-6-5-9-17(19)21(18)16-8-4-3-7-15(16)2/h3-13H,1-2H3/i3D,4D,5D,6D,7D,8D,9D,10D,11D,12D,13D. The molecule has 1 nitrogen and oxygen atoms in total. The van der Waals surface area contributed by atoms with Crippen molar-refractivity contribution in [2.24, 2.45) is 0 Å². The highest BCUT2D eigenvalue weighted by Gasteiger charge is 2.32. The van der Waals surface area contributed by atoms with Crippen molar-refractivity contribution in [1.29, 1.82) is 0 Å². The van der Waals surface area contributed by atoms with E-state index in [0.717, 1.165) is 0 Å². The van der Waals surface area contributed by atoms with Gasteiger partial charge in [0.1, 0.15) is 11.5 Å². The molecule has 3 aromatic rings. The summed E-state index contributed by atoms with van der Waals surface area (Å²) in [4.78, 5) is 0. The van der Waals surface area contributed by atoms with E-state index in [1.807, 2.05) is 0 Å². The van der Waals surface area contributed by atoms with Gasteiger partial charge in [-0.3, -0.25) is 0 Å². The van der Waals surface area contributed by atoms with Crippen LogP contribution in [0, 0.1) is 13.8 Å². The minimum atomic E-state index is -1.27. The maximum Gasteiger partial charge on any atom is 0.251 e. The van der Waals surface area contributed by atoms with E-state index >= 15 is 0 Å². The Labute approximate surface area is 147 Å². The second-order valence-electron chi connectivity index (χ2n) is 5.06. The molecule has 0 radical (unpaired) electrons. The predicted molar refractivity (Wildman–Crippen MR) is 93.5 cm³/mol. The number of ether oxygens (including phenoxy) is 1. The molecule has 0 unspecified atom stereocenters. The maximum absolute atomic E-state index is 8.61. The maximum atomic E-state index is 8.61. The average molecular weight is 295 g/mol. The van der Waals surface area contributed by atoms with Crippen LogP contribution in [-0.4, -0.2) is 6.71 Å². The van der Waals surface area contributed by atoms with E-state index in [0.29, 0.717) is 0 Å². The number of hydrogen-bond acceptors (Lipinski definition) is 1. The van der Waals surface area contributed by atoms with E-state index in [1.54, 1.807) is 0 Å². The Hall–Kier alpha value is -2.48. The zero-order valence-electron chi connectivity index (χ0n) is 23.0. The van der Waals surface area contributed by atoms with E-state index in [2.05, 4.69) is 0 Å². The summed E-state index contributed by atoms with van der Waals surface area (Å²) in [5.41, 5.74) is 0.149. The van der Waals surface area contributed by atoms with Gasteiger partial charge in [-0.2, -0.15) is 0 Å². The van der Waals surface area contributed by atoms with E-state index in [4.69, 9.17) is 19.8 Å². The monoisotopic (exact) mass is 295 g/mol. The van der Waals surface area contributed by atoms with Crippen LogP contribution in [-0.2, 0) is 0 Å². The predicted octanol–water partition coefficient (Wildman–Crippen LogP) is 2.93. The normalized spacial score (nSPS) is 19.4. The van der Waals surface area contributed by atoms with Gasteiger partial charge >= 0.3 is 0 Å². The molecule has 0 N–H and O–H groups in total. The van der Waals surface area contributed by atoms with Gasteiger partial charge in [-0.05, 0) is 42.4 Å². The van der Waals surface area contributed by atoms with Gasteiger partial charge in [-0.1, -0.05) is 65.4 Å². The lowest BCUT2D eigenvalue weighted by Crippen LogP contribution is -2.55. The van der Waals surface area contributed by atoms with Crippen LogP contribution in [0.5, 0.6) is 11.5 Å². The number of rotatable bonds is 1. The Balaban J connectivity index is 2.28. The van der Waals surface area contributed by atoms with Crippen LogP contribution in [0.15, 0.2) is 66.5 Å². The van der Waals surface area contributed by atoms with Crippen LogP contribution in [0.1, 0.15) is 26.2 Å². The lowest BCUT2D eigenvalue weighted by atomic mass is 9.35. The van der Waals surface area contributed by atoms with Crippen LogP contribution in [0.3, 0.4) is 0 Å². The van der Waals surface area contributed by atoms with Crippen LogP contribution >= 0.6 is 0 Å². The summed E-state index contributed by atoms with van der Waals surface area (Å²) in [6, 6.07) is -4.68. The molecule has 3 aromatic carbocycles. The van der Waals surface area contributed by atoms with Crippen LogP contribution in [0.25, 0.3) is 0 Å². The minimum absolute atomic E-state index is 0.00739. The minimum Gasteiger partial charge on any atom is -0.458 e. The van der Waals surface area contributed by atoms with Crippen LogP contribution < -0.4 is 21.1 Å². The second-order valence-corrected chi connectivity index (χ2v) is 5.06. The first kappa shape index (κ1) is 5.96. The fraction of sp³-hybridized carbons (Fsp3) is 0.100. The Morgan fingerprint density at radius 3 is 2.32 bits per heavy atom. The molecule has 4 rings (SSSR count). The number of para-hydroxylation sites is 1. The van der Waals surface area contributed by atoms with E-state index in [-0.39, 0.29) is 63.2 Å². The van der Waals surface area contributed by atoms with Gasteiger partial charge in [0.2, 0.25) is 0 Å². The highest BCUT2D eigenvalue weighted by atomic mass is 16.5. The zero-order chi connectivity index (χ0) is 24.7. The van der Waals surface area contributed by atoms with E-state index in [9.17, 15) is 0 Å². The largest absolute Gasteiger partial charge is 0.458 e. The molecule has 1 heterocycles. The third-order valence-corrected chi connectivity index (χ3v) is 3.59. The fourth-order valence-electron chi connectivity index (χ4n) is 2.57. The first-order chi connectivity index (χ1) is 15.3. The summed E-state index contributed by atoms with van der Waals surface area (Å²) >= 11 is 0. The third kappa shape index (κ3) is 2.03. The van der Waals surface area contributed by atoms with Crippen LogP contribution in [0.4, 0.5) is 0 Å². The molecule has 22 heavy (non-hydrogen) atoms. The summed E-state index contributed by atoms with van der Waals surface area (Å²) in [6.07, 6.45) is 0. The molecule has 1 aliphatic rings. The van der Waals surface area contributed by atoms with Crippen molar-refractivity contribution in [3.8, 4) is 11.5 Å². The molecular weight excluding hydrogens is 267 g/mol. The molecule has 0 fully saturated rings. The van der Waals surface area contributed by atoms with Gasteiger partial charge in [0.25, 0.3) is 6.71 Å². The van der Waals surface area contributed by atoms with Crippen molar-refractivity contribution in [1.82, 2.24) is 0 Å². The van der Waals surface area contributed by atoms with Gasteiger partial charge in [-0.25, -0.2) is 0 Å². The van der Waals surface area contributed by atoms with Gasteiger partial charge in [0.05, 0.1) is 15.1 Å². The molecular formula is C20H17BO. The van der Waals surface area contributed by atoms with Gasteiger partial charge in [0.15, 0.2) is 0 Å². The topological polar surface area (TPSA) is 9.23 Å². The third-order valence-electron chi connectivity index (χ3n) is 3.59. The molecule has 0 saturated heterocycles. The van der Waals surface area contributed by atoms with Gasteiger partial charge in [0, 0.05) is 0 Å². The first-order valence-electron chi connectivity index (χ1n) is 12.3. The van der Waals surface area contributed by atoms with Crippen molar-refractivity contribution in [2.45, 2.75) is 13.8 Å². The molecule has 2 heteroatoms. The highest BCUT2D eigenvalue weighted by molar-refractivity contribution is 6.97. The first-order valence-corrected chi connectivity index (χ1v) is 6.77. The van der Waals surface area contributed by atoms with Gasteiger partial charge < -0.3 is 4.74 Å². The van der Waals surface area contributed by atoms with Crippen molar-refractivity contribution >= 4 is 23.1 Å². The van der Waals surface area contributed by atoms with E-state index < -0.39 is 49.0 Å². The Morgan fingerprint density at radius 1 is 0.773 bits per heavy atom. The summed E-state index contributed by atoms with van der Waals surface area (Å²) in [7, 11) is 0. The van der Waals surface area contributed by atoms with Crippen molar-refractivity contribution in [3.05, 3.63) is 77.6 Å². The molecule has 0 aliphatic carbocycles. The molecule has 0 bridgehead atoms. The van der Waals surface area contributed by atoms with Crippen molar-refractivity contribution in [3.63, 3.8) is 0 Å². The number of hydrogen-bond donors (Lipinski definition) is 0. The molecule has 0 aromatic heterocycles. The van der Waals surface area contributed by atoms with Crippen LogP contribution in [0.2, 0.25) is 0 Å².